The minimum atomic E-state index is -0.572. The number of thiophene rings is 1. The third-order valence-corrected chi connectivity index (χ3v) is 7.70. The number of nitrogens with zero attached hydrogens (tertiary/aromatic N) is 3. The van der Waals surface area contributed by atoms with Crippen LogP contribution in [0.3, 0.4) is 0 Å². The fourth-order valence-corrected chi connectivity index (χ4v) is 5.99. The number of nitrogens with two attached hydrogens (primary N) is 1. The Morgan fingerprint density at radius 1 is 1.25 bits per heavy atom. The van der Waals surface area contributed by atoms with Crippen LogP contribution in [-0.2, 0) is 11.3 Å². The van der Waals surface area contributed by atoms with Crippen molar-refractivity contribution in [1.29, 1.82) is 0 Å². The maximum Gasteiger partial charge on any atom is 0.330 e. The summed E-state index contributed by atoms with van der Waals surface area (Å²) in [4.78, 5) is 46.5. The van der Waals surface area contributed by atoms with Crippen LogP contribution in [0.1, 0.15) is 69.2 Å². The predicted octanol–water partition coefficient (Wildman–Crippen LogP) is 3.09. The summed E-state index contributed by atoms with van der Waals surface area (Å²) in [6, 6.07) is 4.34. The van der Waals surface area contributed by atoms with Gasteiger partial charge in [0.2, 0.25) is 5.91 Å². The lowest BCUT2D eigenvalue weighted by Gasteiger charge is -2.32. The zero-order valence-corrected chi connectivity index (χ0v) is 19.5. The summed E-state index contributed by atoms with van der Waals surface area (Å²) in [5.74, 6) is -0.0121. The lowest BCUT2D eigenvalue weighted by molar-refractivity contribution is -0.120. The number of nitrogen functional groups attached to an aromatic ring is 1. The molecule has 1 saturated heterocycles. The molecule has 1 aliphatic heterocycles. The summed E-state index contributed by atoms with van der Waals surface area (Å²) in [6.07, 6.45) is 7.45. The zero-order chi connectivity index (χ0) is 22.7. The molecule has 8 nitrogen and oxygen atoms in total. The lowest BCUT2D eigenvalue weighted by Crippen LogP contribution is -2.49. The van der Waals surface area contributed by atoms with Crippen LogP contribution in [0, 0.1) is 0 Å². The molecule has 2 aromatic heterocycles. The molecule has 2 aromatic rings. The molecule has 0 radical (unpaired) electrons. The Hall–Kier alpha value is -2.39. The molecule has 3 N–H and O–H groups in total. The Balaban J connectivity index is 1.67. The second kappa shape index (κ2) is 10.0. The normalized spacial score (nSPS) is 19.6. The van der Waals surface area contributed by atoms with E-state index in [-0.39, 0.29) is 36.0 Å². The Morgan fingerprint density at radius 2 is 2.03 bits per heavy atom. The first-order valence-corrected chi connectivity index (χ1v) is 12.6. The molecule has 3 heterocycles. The van der Waals surface area contributed by atoms with Gasteiger partial charge in [-0.05, 0) is 50.1 Å². The number of aromatic amines is 1. The molecule has 2 aliphatic rings. The van der Waals surface area contributed by atoms with E-state index in [0.29, 0.717) is 6.54 Å². The van der Waals surface area contributed by atoms with Crippen molar-refractivity contribution in [3.8, 4) is 0 Å². The Kier molecular flexibility index (Phi) is 7.15. The van der Waals surface area contributed by atoms with Crippen LogP contribution < -0.4 is 21.9 Å². The number of carbonyl (C=O) groups is 1. The van der Waals surface area contributed by atoms with Gasteiger partial charge in [0.1, 0.15) is 5.82 Å². The van der Waals surface area contributed by atoms with Gasteiger partial charge in [-0.15, -0.1) is 11.3 Å². The standard InChI is InChI=1S/C23H33N5O3S/c1-2-3-13-27-21(24)20(22(30)25-23(27)31)28(16-8-4-5-9-16)19(29)15-26-12-6-10-17(26)18-11-7-14-32-18/h7,11,14,16-17H,2-6,8-10,12-13,15,24H2,1H3,(H,25,30,31)/t17-/m1/s1. The van der Waals surface area contributed by atoms with Crippen LogP contribution in [0.15, 0.2) is 27.1 Å². The molecule has 174 valence electrons. The van der Waals surface area contributed by atoms with E-state index >= 15 is 0 Å². The van der Waals surface area contributed by atoms with Gasteiger partial charge in [-0.1, -0.05) is 32.3 Å². The van der Waals surface area contributed by atoms with E-state index in [1.54, 1.807) is 16.2 Å². The molecular formula is C23H33N5O3S. The smallest absolute Gasteiger partial charge is 0.330 e. The van der Waals surface area contributed by atoms with Crippen molar-refractivity contribution < 1.29 is 4.79 Å². The number of unbranched alkanes of at least 4 members (excludes halogenated alkanes) is 1. The van der Waals surface area contributed by atoms with Gasteiger partial charge in [0.25, 0.3) is 5.56 Å². The monoisotopic (exact) mass is 459 g/mol. The summed E-state index contributed by atoms with van der Waals surface area (Å²) in [5, 5.41) is 2.07. The maximum atomic E-state index is 13.7. The fourth-order valence-electron chi connectivity index (χ4n) is 5.09. The lowest BCUT2D eigenvalue weighted by atomic mass is 10.1. The van der Waals surface area contributed by atoms with Crippen LogP contribution in [0.25, 0.3) is 0 Å². The first-order chi connectivity index (χ1) is 15.5. The Morgan fingerprint density at radius 3 is 2.72 bits per heavy atom. The van der Waals surface area contributed by atoms with E-state index in [9.17, 15) is 14.4 Å². The van der Waals surface area contributed by atoms with Crippen molar-refractivity contribution in [2.75, 3.05) is 23.7 Å². The van der Waals surface area contributed by atoms with Crippen molar-refractivity contribution in [2.24, 2.45) is 0 Å². The molecule has 0 bridgehead atoms. The fraction of sp³-hybridized carbons (Fsp3) is 0.609. The molecule has 9 heteroatoms. The van der Waals surface area contributed by atoms with Crippen LogP contribution in [-0.4, -0.2) is 39.5 Å². The van der Waals surface area contributed by atoms with E-state index in [4.69, 9.17) is 5.73 Å². The molecule has 2 fully saturated rings. The third kappa shape index (κ3) is 4.54. The van der Waals surface area contributed by atoms with Gasteiger partial charge in [-0.2, -0.15) is 0 Å². The summed E-state index contributed by atoms with van der Waals surface area (Å²) in [6.45, 7) is 3.55. The van der Waals surface area contributed by atoms with Crippen LogP contribution in [0.2, 0.25) is 0 Å². The summed E-state index contributed by atoms with van der Waals surface area (Å²) in [7, 11) is 0. The van der Waals surface area contributed by atoms with E-state index < -0.39 is 11.2 Å². The molecule has 4 rings (SSSR count). The number of rotatable bonds is 8. The van der Waals surface area contributed by atoms with Crippen LogP contribution >= 0.6 is 11.3 Å². The average molecular weight is 460 g/mol. The summed E-state index contributed by atoms with van der Waals surface area (Å²) in [5.41, 5.74) is 5.44. The largest absolute Gasteiger partial charge is 0.383 e. The molecule has 0 spiro atoms. The van der Waals surface area contributed by atoms with Crippen molar-refractivity contribution in [3.05, 3.63) is 43.2 Å². The molecular weight excluding hydrogens is 426 g/mol. The van der Waals surface area contributed by atoms with Crippen molar-refractivity contribution in [3.63, 3.8) is 0 Å². The average Bonchev–Trinajstić information content (AvgIpc) is 3.53. The van der Waals surface area contributed by atoms with Gasteiger partial charge in [0.15, 0.2) is 5.69 Å². The van der Waals surface area contributed by atoms with Gasteiger partial charge in [0.05, 0.1) is 6.54 Å². The first-order valence-electron chi connectivity index (χ1n) is 11.7. The van der Waals surface area contributed by atoms with Gasteiger partial charge < -0.3 is 10.6 Å². The number of likely N-dealkylation sites (tertiary alicyclic amines) is 1. The number of hydrogen-bond acceptors (Lipinski definition) is 6. The summed E-state index contributed by atoms with van der Waals surface area (Å²) < 4.78 is 1.40. The van der Waals surface area contributed by atoms with Crippen LogP contribution in [0.4, 0.5) is 11.5 Å². The number of anilines is 2. The molecule has 1 saturated carbocycles. The number of carbonyl (C=O) groups excluding carboxylic acids is 1. The summed E-state index contributed by atoms with van der Waals surface area (Å²) >= 11 is 1.72. The number of aromatic nitrogens is 2. The van der Waals surface area contributed by atoms with Gasteiger partial charge in [-0.3, -0.25) is 24.0 Å². The number of hydrogen-bond donors (Lipinski definition) is 2. The second-order valence-electron chi connectivity index (χ2n) is 8.84. The molecule has 1 amide bonds. The van der Waals surface area contributed by atoms with Gasteiger partial charge in [-0.25, -0.2) is 4.79 Å². The minimum Gasteiger partial charge on any atom is -0.383 e. The van der Waals surface area contributed by atoms with E-state index in [2.05, 4.69) is 21.3 Å². The molecule has 0 unspecified atom stereocenters. The molecule has 32 heavy (non-hydrogen) atoms. The minimum absolute atomic E-state index is 0.0641. The quantitative estimate of drug-likeness (QED) is 0.631. The van der Waals surface area contributed by atoms with Crippen molar-refractivity contribution in [2.45, 2.75) is 76.9 Å². The topological polar surface area (TPSA) is 104 Å². The maximum absolute atomic E-state index is 13.7. The van der Waals surface area contributed by atoms with E-state index in [0.717, 1.165) is 57.9 Å². The zero-order valence-electron chi connectivity index (χ0n) is 18.7. The Bertz CT molecular complexity index is 1040. The number of H-pyrrole nitrogens is 1. The van der Waals surface area contributed by atoms with Crippen LogP contribution in [0.5, 0.6) is 0 Å². The highest BCUT2D eigenvalue weighted by Crippen LogP contribution is 2.35. The number of amides is 1. The molecule has 1 atom stereocenters. The second-order valence-corrected chi connectivity index (χ2v) is 9.82. The number of nitrogens with one attached hydrogen (secondary N) is 1. The van der Waals surface area contributed by atoms with E-state index in [1.807, 2.05) is 13.0 Å². The van der Waals surface area contributed by atoms with Crippen molar-refractivity contribution >= 4 is 28.7 Å². The van der Waals surface area contributed by atoms with E-state index in [1.165, 1.54) is 9.44 Å². The highest BCUT2D eigenvalue weighted by molar-refractivity contribution is 7.10. The predicted molar refractivity (Wildman–Crippen MR) is 128 cm³/mol. The highest BCUT2D eigenvalue weighted by atomic mass is 32.1. The molecule has 0 aromatic carbocycles. The van der Waals surface area contributed by atoms with Crippen molar-refractivity contribution in [1.82, 2.24) is 14.5 Å². The SMILES string of the molecule is CCCCn1c(N)c(N(C(=O)CN2CCC[C@@H]2c2cccs2)C2CCCC2)c(=O)[nH]c1=O. The Labute approximate surface area is 192 Å². The van der Waals surface area contributed by atoms with Gasteiger partial charge in [0, 0.05) is 23.5 Å². The first kappa shape index (κ1) is 22.8. The highest BCUT2D eigenvalue weighted by Gasteiger charge is 2.35. The molecule has 1 aliphatic carbocycles. The third-order valence-electron chi connectivity index (χ3n) is 6.72. The van der Waals surface area contributed by atoms with Gasteiger partial charge >= 0.3 is 5.69 Å².